The van der Waals surface area contributed by atoms with E-state index in [-0.39, 0.29) is 31.0 Å². The first kappa shape index (κ1) is 25.4. The zero-order chi connectivity index (χ0) is 23.8. The summed E-state index contributed by atoms with van der Waals surface area (Å²) in [6, 6.07) is 12.3. The van der Waals surface area contributed by atoms with E-state index in [4.69, 9.17) is 27.9 Å². The molecule has 0 aliphatic heterocycles. The minimum absolute atomic E-state index is 0.160. The van der Waals surface area contributed by atoms with E-state index in [9.17, 15) is 9.59 Å². The third-order valence-electron chi connectivity index (χ3n) is 6.17. The Labute approximate surface area is 206 Å². The van der Waals surface area contributed by atoms with Gasteiger partial charge in [0.25, 0.3) is 5.91 Å². The van der Waals surface area contributed by atoms with Crippen LogP contribution in [0.1, 0.15) is 57.1 Å². The highest BCUT2D eigenvalue weighted by molar-refractivity contribution is 6.35. The normalized spacial score (nSPS) is 15.0. The van der Waals surface area contributed by atoms with Crippen LogP contribution in [0.25, 0.3) is 0 Å². The van der Waals surface area contributed by atoms with Crippen molar-refractivity contribution in [2.45, 2.75) is 71.0 Å². The fraction of sp³-hybridized carbons (Fsp3) is 0.462. The van der Waals surface area contributed by atoms with Crippen molar-refractivity contribution in [1.82, 2.24) is 10.2 Å². The van der Waals surface area contributed by atoms with E-state index in [1.54, 1.807) is 25.1 Å². The molecule has 33 heavy (non-hydrogen) atoms. The monoisotopic (exact) mass is 490 g/mol. The summed E-state index contributed by atoms with van der Waals surface area (Å²) in [7, 11) is 0. The summed E-state index contributed by atoms with van der Waals surface area (Å²) in [5.41, 5.74) is 1.92. The van der Waals surface area contributed by atoms with Gasteiger partial charge in [-0.2, -0.15) is 0 Å². The van der Waals surface area contributed by atoms with Crippen LogP contribution in [0.3, 0.4) is 0 Å². The first-order chi connectivity index (χ1) is 15.9. The second-order valence-corrected chi connectivity index (χ2v) is 9.41. The molecule has 1 fully saturated rings. The Morgan fingerprint density at radius 1 is 1.09 bits per heavy atom. The Kier molecular flexibility index (Phi) is 9.45. The molecule has 2 amide bonds. The molecule has 2 aromatic rings. The van der Waals surface area contributed by atoms with Crippen LogP contribution < -0.4 is 10.1 Å². The summed E-state index contributed by atoms with van der Waals surface area (Å²) < 4.78 is 5.74. The Hall–Kier alpha value is -2.24. The van der Waals surface area contributed by atoms with Crippen molar-refractivity contribution >= 4 is 35.0 Å². The van der Waals surface area contributed by atoms with Gasteiger partial charge >= 0.3 is 0 Å². The van der Waals surface area contributed by atoms with Gasteiger partial charge in [0, 0.05) is 22.6 Å². The van der Waals surface area contributed by atoms with Gasteiger partial charge in [0.05, 0.1) is 0 Å². The maximum absolute atomic E-state index is 13.2. The number of halogens is 2. The first-order valence-corrected chi connectivity index (χ1v) is 12.4. The molecule has 0 unspecified atom stereocenters. The lowest BCUT2D eigenvalue weighted by Gasteiger charge is -2.31. The standard InChI is InChI=1S/C26H32Cl2N2O3/c1-3-19-9-13-23(14-10-19)33-17-25(31)30(16-20-11-12-21(27)15-24(20)28)18(2)26(32)29-22-7-5-4-6-8-22/h9-15,18,22H,3-8,16-17H2,1-2H3,(H,29,32)/t18-/m1/s1. The Bertz CT molecular complexity index is 943. The summed E-state index contributed by atoms with van der Waals surface area (Å²) in [4.78, 5) is 27.8. The molecule has 0 heterocycles. The van der Waals surface area contributed by atoms with Crippen molar-refractivity contribution in [1.29, 1.82) is 0 Å². The number of aryl methyl sites for hydroxylation is 1. The predicted molar refractivity (Wildman–Crippen MR) is 133 cm³/mol. The number of amides is 2. The average molecular weight is 491 g/mol. The van der Waals surface area contributed by atoms with Crippen LogP contribution >= 0.6 is 23.2 Å². The summed E-state index contributed by atoms with van der Waals surface area (Å²) >= 11 is 12.4. The molecule has 0 saturated heterocycles. The molecule has 3 rings (SSSR count). The summed E-state index contributed by atoms with van der Waals surface area (Å²) in [5.74, 6) is 0.170. The highest BCUT2D eigenvalue weighted by atomic mass is 35.5. The van der Waals surface area contributed by atoms with Gasteiger partial charge in [0.1, 0.15) is 11.8 Å². The summed E-state index contributed by atoms with van der Waals surface area (Å²) in [5, 5.41) is 4.09. The zero-order valence-electron chi connectivity index (χ0n) is 19.3. The number of benzene rings is 2. The number of carbonyl (C=O) groups is 2. The minimum Gasteiger partial charge on any atom is -0.484 e. The van der Waals surface area contributed by atoms with Crippen LogP contribution in [0.2, 0.25) is 10.0 Å². The molecule has 7 heteroatoms. The largest absolute Gasteiger partial charge is 0.484 e. The molecule has 5 nitrogen and oxygen atoms in total. The maximum Gasteiger partial charge on any atom is 0.261 e. The van der Waals surface area contributed by atoms with Gasteiger partial charge in [-0.3, -0.25) is 9.59 Å². The fourth-order valence-corrected chi connectivity index (χ4v) is 4.50. The second kappa shape index (κ2) is 12.3. The van der Waals surface area contributed by atoms with E-state index in [0.29, 0.717) is 15.8 Å². The van der Waals surface area contributed by atoms with Gasteiger partial charge in [-0.15, -0.1) is 0 Å². The van der Waals surface area contributed by atoms with E-state index in [1.165, 1.54) is 16.9 Å². The number of ether oxygens (including phenoxy) is 1. The SMILES string of the molecule is CCc1ccc(OCC(=O)N(Cc2ccc(Cl)cc2Cl)[C@H](C)C(=O)NC2CCCCC2)cc1. The van der Waals surface area contributed by atoms with Crippen molar-refractivity contribution in [3.05, 3.63) is 63.6 Å². The predicted octanol–water partition coefficient (Wildman–Crippen LogP) is 5.80. The average Bonchev–Trinajstić information content (AvgIpc) is 2.82. The number of hydrogen-bond donors (Lipinski definition) is 1. The van der Waals surface area contributed by atoms with E-state index in [0.717, 1.165) is 37.7 Å². The Morgan fingerprint density at radius 3 is 2.42 bits per heavy atom. The number of hydrogen-bond acceptors (Lipinski definition) is 3. The van der Waals surface area contributed by atoms with Gasteiger partial charge in [-0.1, -0.05) is 67.6 Å². The van der Waals surface area contributed by atoms with E-state index in [2.05, 4.69) is 12.2 Å². The van der Waals surface area contributed by atoms with Crippen molar-refractivity contribution in [2.75, 3.05) is 6.61 Å². The first-order valence-electron chi connectivity index (χ1n) is 11.6. The molecule has 0 bridgehead atoms. The van der Waals surface area contributed by atoms with Crippen LogP contribution in [-0.4, -0.2) is 35.4 Å². The second-order valence-electron chi connectivity index (χ2n) is 8.56. The number of nitrogens with one attached hydrogen (secondary N) is 1. The Balaban J connectivity index is 1.72. The molecule has 178 valence electrons. The molecular weight excluding hydrogens is 459 g/mol. The third kappa shape index (κ3) is 7.38. The van der Waals surface area contributed by atoms with E-state index in [1.807, 2.05) is 24.3 Å². The molecule has 0 radical (unpaired) electrons. The molecule has 1 aliphatic carbocycles. The van der Waals surface area contributed by atoms with Gasteiger partial charge in [0.2, 0.25) is 5.91 Å². The highest BCUT2D eigenvalue weighted by Crippen LogP contribution is 2.24. The van der Waals surface area contributed by atoms with Crippen molar-refractivity contribution in [3.8, 4) is 5.75 Å². The molecule has 1 atom stereocenters. The summed E-state index contributed by atoms with van der Waals surface area (Å²) in [6.45, 7) is 3.85. The lowest BCUT2D eigenvalue weighted by Crippen LogP contribution is -2.51. The van der Waals surface area contributed by atoms with E-state index >= 15 is 0 Å². The zero-order valence-corrected chi connectivity index (χ0v) is 20.8. The van der Waals surface area contributed by atoms with Gasteiger partial charge in [-0.25, -0.2) is 0 Å². The molecule has 1 saturated carbocycles. The van der Waals surface area contributed by atoms with Gasteiger partial charge in [0.15, 0.2) is 6.61 Å². The lowest BCUT2D eigenvalue weighted by atomic mass is 9.95. The molecule has 1 N–H and O–H groups in total. The minimum atomic E-state index is -0.669. The molecule has 1 aliphatic rings. The molecule has 0 aromatic heterocycles. The van der Waals surface area contributed by atoms with Crippen molar-refractivity contribution < 1.29 is 14.3 Å². The van der Waals surface area contributed by atoms with Crippen LogP contribution in [0, 0.1) is 0 Å². The van der Waals surface area contributed by atoms with Crippen LogP contribution in [0.4, 0.5) is 0 Å². The van der Waals surface area contributed by atoms with Crippen molar-refractivity contribution in [3.63, 3.8) is 0 Å². The van der Waals surface area contributed by atoms with Crippen molar-refractivity contribution in [2.24, 2.45) is 0 Å². The molecule has 2 aromatic carbocycles. The highest BCUT2D eigenvalue weighted by Gasteiger charge is 2.29. The molecule has 0 spiro atoms. The van der Waals surface area contributed by atoms with Crippen LogP contribution in [0.5, 0.6) is 5.75 Å². The quantitative estimate of drug-likeness (QED) is 0.482. The number of carbonyl (C=O) groups excluding carboxylic acids is 2. The smallest absolute Gasteiger partial charge is 0.261 e. The van der Waals surface area contributed by atoms with E-state index < -0.39 is 6.04 Å². The number of nitrogens with zero attached hydrogens (tertiary/aromatic N) is 1. The Morgan fingerprint density at radius 2 is 1.79 bits per heavy atom. The maximum atomic E-state index is 13.2. The topological polar surface area (TPSA) is 58.6 Å². The third-order valence-corrected chi connectivity index (χ3v) is 6.76. The van der Waals surface area contributed by atoms with Gasteiger partial charge in [-0.05, 0) is 61.6 Å². The fourth-order valence-electron chi connectivity index (χ4n) is 4.03. The van der Waals surface area contributed by atoms with Crippen LogP contribution in [0.15, 0.2) is 42.5 Å². The number of rotatable bonds is 9. The van der Waals surface area contributed by atoms with Gasteiger partial charge < -0.3 is 15.0 Å². The van der Waals surface area contributed by atoms with Crippen LogP contribution in [-0.2, 0) is 22.6 Å². The lowest BCUT2D eigenvalue weighted by molar-refractivity contribution is -0.142. The molecular formula is C26H32Cl2N2O3. The summed E-state index contributed by atoms with van der Waals surface area (Å²) in [6.07, 6.45) is 6.33.